The summed E-state index contributed by atoms with van der Waals surface area (Å²) in [4.78, 5) is 0. The summed E-state index contributed by atoms with van der Waals surface area (Å²) in [5.41, 5.74) is 2.65. The zero-order chi connectivity index (χ0) is 13.3. The molecule has 2 rings (SSSR count). The van der Waals surface area contributed by atoms with Gasteiger partial charge in [0.25, 0.3) is 0 Å². The number of rotatable bonds is 6. The summed E-state index contributed by atoms with van der Waals surface area (Å²) < 4.78 is 2.09. The van der Waals surface area contributed by atoms with Crippen LogP contribution in [-0.2, 0) is 6.42 Å². The Labute approximate surface area is 116 Å². The number of hydrogen-bond donors (Lipinski definition) is 0. The number of unbranched alkanes of at least 4 members (excludes halogenated alkanes) is 2. The first-order valence-electron chi connectivity index (χ1n) is 7.11. The van der Waals surface area contributed by atoms with E-state index in [0.717, 1.165) is 0 Å². The highest BCUT2D eigenvalue weighted by Crippen LogP contribution is 2.05. The number of hydrogen-bond acceptors (Lipinski definition) is 0. The lowest BCUT2D eigenvalue weighted by Gasteiger charge is -1.98. The molecule has 0 aliphatic rings. The van der Waals surface area contributed by atoms with Crippen LogP contribution in [0.2, 0.25) is 0 Å². The summed E-state index contributed by atoms with van der Waals surface area (Å²) in [5, 5.41) is 0. The molecule has 0 saturated carbocycles. The predicted molar refractivity (Wildman–Crippen MR) is 81.5 cm³/mol. The van der Waals surface area contributed by atoms with E-state index in [-0.39, 0.29) is 0 Å². The van der Waals surface area contributed by atoms with E-state index < -0.39 is 0 Å². The lowest BCUT2D eigenvalue weighted by Crippen LogP contribution is -2.24. The zero-order valence-electron chi connectivity index (χ0n) is 11.6. The third kappa shape index (κ3) is 4.70. The zero-order valence-corrected chi connectivity index (χ0v) is 11.6. The Morgan fingerprint density at radius 1 is 0.947 bits per heavy atom. The highest BCUT2D eigenvalue weighted by Gasteiger charge is 1.97. The Bertz CT molecular complexity index is 497. The minimum atomic E-state index is 1.19. The van der Waals surface area contributed by atoms with E-state index in [9.17, 15) is 0 Å². The van der Waals surface area contributed by atoms with Gasteiger partial charge >= 0.3 is 0 Å². The molecule has 0 spiro atoms. The molecule has 1 aromatic carbocycles. The minimum Gasteiger partial charge on any atom is -0.174 e. The lowest BCUT2D eigenvalue weighted by molar-refractivity contribution is -0.567. The molecule has 0 fully saturated rings. The van der Waals surface area contributed by atoms with Crippen molar-refractivity contribution in [1.82, 2.24) is 0 Å². The van der Waals surface area contributed by atoms with Crippen molar-refractivity contribution in [3.8, 4) is 0 Å². The Kier molecular flexibility index (Phi) is 5.36. The summed E-state index contributed by atoms with van der Waals surface area (Å²) in [7, 11) is 0. The molecule has 0 N–H and O–H groups in total. The molecule has 0 amide bonds. The minimum absolute atomic E-state index is 1.19. The molecule has 0 bridgehead atoms. The van der Waals surface area contributed by atoms with E-state index >= 15 is 0 Å². The molecule has 19 heavy (non-hydrogen) atoms. The van der Waals surface area contributed by atoms with Crippen molar-refractivity contribution < 1.29 is 4.57 Å². The van der Waals surface area contributed by atoms with Crippen LogP contribution >= 0.6 is 0 Å². The molecule has 1 nitrogen and oxygen atoms in total. The van der Waals surface area contributed by atoms with E-state index in [1.54, 1.807) is 0 Å². The smallest absolute Gasteiger partial charge is 0.174 e. The van der Waals surface area contributed by atoms with E-state index in [2.05, 4.69) is 72.6 Å². The summed E-state index contributed by atoms with van der Waals surface area (Å²) in [6, 6.07) is 14.8. The summed E-state index contributed by atoms with van der Waals surface area (Å²) in [6.45, 7) is 2.24. The van der Waals surface area contributed by atoms with Gasteiger partial charge in [-0.15, -0.1) is 0 Å². The second-order valence-corrected chi connectivity index (χ2v) is 4.84. The van der Waals surface area contributed by atoms with Crippen molar-refractivity contribution in [1.29, 1.82) is 0 Å². The fourth-order valence-corrected chi connectivity index (χ4v) is 2.05. The standard InChI is InChI=1S/C18H22N/c1-2-3-5-8-18-12-15-19(16-13-18)14-11-17-9-6-4-7-10-17/h4,6-7,9-16H,2-3,5,8H2,1H3/q+1. The summed E-state index contributed by atoms with van der Waals surface area (Å²) in [6.07, 6.45) is 13.6. The van der Waals surface area contributed by atoms with Gasteiger partial charge in [0, 0.05) is 18.2 Å². The summed E-state index contributed by atoms with van der Waals surface area (Å²) in [5.74, 6) is 0. The van der Waals surface area contributed by atoms with Crippen molar-refractivity contribution in [3.63, 3.8) is 0 Å². The first-order chi connectivity index (χ1) is 9.38. The molecule has 0 atom stereocenters. The second kappa shape index (κ2) is 7.52. The van der Waals surface area contributed by atoms with Crippen LogP contribution < -0.4 is 4.57 Å². The number of pyridine rings is 1. The molecule has 98 valence electrons. The summed E-state index contributed by atoms with van der Waals surface area (Å²) >= 11 is 0. The maximum absolute atomic E-state index is 2.24. The molecule has 0 radical (unpaired) electrons. The maximum Gasteiger partial charge on any atom is 0.175 e. The first kappa shape index (κ1) is 13.5. The SMILES string of the molecule is CCCCCc1cc[n+](C=Cc2ccccc2)cc1. The molecule has 0 aliphatic carbocycles. The van der Waals surface area contributed by atoms with Crippen LogP contribution in [0, 0.1) is 0 Å². The van der Waals surface area contributed by atoms with Gasteiger partial charge in [0.05, 0.1) is 0 Å². The van der Waals surface area contributed by atoms with E-state index in [0.29, 0.717) is 0 Å². The Morgan fingerprint density at radius 3 is 2.37 bits per heavy atom. The van der Waals surface area contributed by atoms with Crippen LogP contribution in [0.1, 0.15) is 37.3 Å². The van der Waals surface area contributed by atoms with Crippen molar-refractivity contribution in [3.05, 3.63) is 66.0 Å². The molecule has 0 unspecified atom stereocenters. The Hall–Kier alpha value is -1.89. The van der Waals surface area contributed by atoms with Gasteiger partial charge in [-0.2, -0.15) is 4.57 Å². The average molecular weight is 252 g/mol. The second-order valence-electron chi connectivity index (χ2n) is 4.84. The number of aryl methyl sites for hydroxylation is 1. The molecule has 1 aromatic heterocycles. The van der Waals surface area contributed by atoms with Gasteiger partial charge < -0.3 is 0 Å². The number of aromatic nitrogens is 1. The lowest BCUT2D eigenvalue weighted by atomic mass is 10.1. The Balaban J connectivity index is 1.93. The monoisotopic (exact) mass is 252 g/mol. The van der Waals surface area contributed by atoms with Gasteiger partial charge in [-0.25, -0.2) is 0 Å². The molecule has 1 heterocycles. The van der Waals surface area contributed by atoms with E-state index in [4.69, 9.17) is 0 Å². The third-order valence-electron chi connectivity index (χ3n) is 3.23. The molecule has 1 heteroatoms. The molecular formula is C18H22N+. The number of nitrogens with zero attached hydrogens (tertiary/aromatic N) is 1. The van der Waals surface area contributed by atoms with Crippen LogP contribution in [0.4, 0.5) is 0 Å². The highest BCUT2D eigenvalue weighted by molar-refractivity contribution is 5.56. The highest BCUT2D eigenvalue weighted by atomic mass is 14.9. The van der Waals surface area contributed by atoms with E-state index in [1.807, 2.05) is 6.07 Å². The van der Waals surface area contributed by atoms with Gasteiger partial charge in [-0.05, 0) is 24.0 Å². The molecular weight excluding hydrogens is 230 g/mol. The van der Waals surface area contributed by atoms with Crippen molar-refractivity contribution >= 4 is 12.3 Å². The molecule has 0 aliphatic heterocycles. The van der Waals surface area contributed by atoms with Gasteiger partial charge in [0.1, 0.15) is 0 Å². The third-order valence-corrected chi connectivity index (χ3v) is 3.23. The predicted octanol–water partition coefficient (Wildman–Crippen LogP) is 4.33. The van der Waals surface area contributed by atoms with Crippen molar-refractivity contribution in [2.24, 2.45) is 0 Å². The van der Waals surface area contributed by atoms with Crippen molar-refractivity contribution in [2.45, 2.75) is 32.6 Å². The Morgan fingerprint density at radius 2 is 1.68 bits per heavy atom. The first-order valence-corrected chi connectivity index (χ1v) is 7.11. The van der Waals surface area contributed by atoms with Crippen LogP contribution in [0.15, 0.2) is 54.9 Å². The van der Waals surface area contributed by atoms with Crippen LogP contribution in [0.25, 0.3) is 12.3 Å². The molecule has 2 aromatic rings. The van der Waals surface area contributed by atoms with Gasteiger partial charge in [0.2, 0.25) is 0 Å². The van der Waals surface area contributed by atoms with Crippen LogP contribution in [-0.4, -0.2) is 0 Å². The van der Waals surface area contributed by atoms with Crippen LogP contribution in [0.5, 0.6) is 0 Å². The number of benzene rings is 1. The largest absolute Gasteiger partial charge is 0.175 e. The van der Waals surface area contributed by atoms with Crippen LogP contribution in [0.3, 0.4) is 0 Å². The maximum atomic E-state index is 2.24. The molecule has 0 saturated heterocycles. The van der Waals surface area contributed by atoms with Crippen molar-refractivity contribution in [2.75, 3.05) is 0 Å². The fraction of sp³-hybridized carbons (Fsp3) is 0.278. The van der Waals surface area contributed by atoms with Gasteiger partial charge in [0.15, 0.2) is 18.6 Å². The quantitative estimate of drug-likeness (QED) is 0.532. The topological polar surface area (TPSA) is 3.88 Å². The van der Waals surface area contributed by atoms with E-state index in [1.165, 1.54) is 36.8 Å². The van der Waals surface area contributed by atoms with Gasteiger partial charge in [-0.1, -0.05) is 50.1 Å². The average Bonchev–Trinajstić information content (AvgIpc) is 2.48. The fourth-order valence-electron chi connectivity index (χ4n) is 2.05. The normalized spacial score (nSPS) is 11.0. The van der Waals surface area contributed by atoms with Gasteiger partial charge in [-0.3, -0.25) is 0 Å².